The van der Waals surface area contributed by atoms with Gasteiger partial charge in [0.25, 0.3) is 0 Å². The van der Waals surface area contributed by atoms with Crippen molar-refractivity contribution in [3.05, 3.63) is 65.7 Å². The third-order valence-electron chi connectivity index (χ3n) is 4.69. The number of nitrogens with zero attached hydrogens (tertiary/aromatic N) is 1. The Morgan fingerprint density at radius 1 is 1.12 bits per heavy atom. The zero-order valence-electron chi connectivity index (χ0n) is 13.6. The van der Waals surface area contributed by atoms with Crippen LogP contribution in [0, 0.1) is 18.7 Å². The zero-order valence-corrected chi connectivity index (χ0v) is 13.6. The molecule has 1 aliphatic rings. The standard InChI is InChI=1S/C21H18FNO/c1-13-2-7-18(22)11-19(13)16-6-5-15-10-20(23-12-17(15)9-16)21(24)8-14-3-4-14/h2,5-7,9-12,14H,3-4,8H2,1H3. The van der Waals surface area contributed by atoms with Crippen molar-refractivity contribution < 1.29 is 9.18 Å². The van der Waals surface area contributed by atoms with Crippen molar-refractivity contribution in [2.24, 2.45) is 5.92 Å². The number of fused-ring (bicyclic) bond motifs is 1. The summed E-state index contributed by atoms with van der Waals surface area (Å²) in [4.78, 5) is 16.5. The molecule has 1 fully saturated rings. The van der Waals surface area contributed by atoms with E-state index in [9.17, 15) is 9.18 Å². The van der Waals surface area contributed by atoms with E-state index in [1.165, 1.54) is 6.07 Å². The lowest BCUT2D eigenvalue weighted by Crippen LogP contribution is -2.02. The Bertz CT molecular complexity index is 944. The first-order valence-electron chi connectivity index (χ1n) is 8.30. The normalized spacial score (nSPS) is 14.1. The van der Waals surface area contributed by atoms with Crippen LogP contribution in [-0.4, -0.2) is 10.8 Å². The van der Waals surface area contributed by atoms with E-state index >= 15 is 0 Å². The maximum absolute atomic E-state index is 13.5. The van der Waals surface area contributed by atoms with Gasteiger partial charge in [-0.1, -0.05) is 18.2 Å². The van der Waals surface area contributed by atoms with Gasteiger partial charge in [-0.25, -0.2) is 4.39 Å². The van der Waals surface area contributed by atoms with Crippen molar-refractivity contribution >= 4 is 16.6 Å². The van der Waals surface area contributed by atoms with Crippen molar-refractivity contribution in [2.45, 2.75) is 26.2 Å². The Labute approximate surface area is 140 Å². The minimum absolute atomic E-state index is 0.129. The van der Waals surface area contributed by atoms with Gasteiger partial charge < -0.3 is 0 Å². The van der Waals surface area contributed by atoms with E-state index in [-0.39, 0.29) is 11.6 Å². The predicted molar refractivity (Wildman–Crippen MR) is 93.5 cm³/mol. The first kappa shape index (κ1) is 15.0. The molecule has 0 aliphatic heterocycles. The van der Waals surface area contributed by atoms with Crippen LogP contribution in [0.1, 0.15) is 35.3 Å². The average Bonchev–Trinajstić information content (AvgIpc) is 3.40. The number of carbonyl (C=O) groups excluding carboxylic acids is 1. The SMILES string of the molecule is Cc1ccc(F)cc1-c1ccc2cc(C(=O)CC3CC3)ncc2c1. The topological polar surface area (TPSA) is 30.0 Å². The summed E-state index contributed by atoms with van der Waals surface area (Å²) in [6.45, 7) is 1.97. The van der Waals surface area contributed by atoms with Crippen molar-refractivity contribution in [1.29, 1.82) is 0 Å². The van der Waals surface area contributed by atoms with E-state index in [1.807, 2.05) is 31.2 Å². The summed E-state index contributed by atoms with van der Waals surface area (Å²) in [5.74, 6) is 0.451. The number of aromatic nitrogens is 1. The van der Waals surface area contributed by atoms with Crippen LogP contribution in [0.3, 0.4) is 0 Å². The second-order valence-corrected chi connectivity index (χ2v) is 6.66. The molecule has 24 heavy (non-hydrogen) atoms. The van der Waals surface area contributed by atoms with Crippen LogP contribution in [0.15, 0.2) is 48.7 Å². The average molecular weight is 319 g/mol. The van der Waals surface area contributed by atoms with Crippen molar-refractivity contribution in [1.82, 2.24) is 4.98 Å². The molecule has 0 unspecified atom stereocenters. The molecule has 2 nitrogen and oxygen atoms in total. The molecule has 2 aromatic carbocycles. The summed E-state index contributed by atoms with van der Waals surface area (Å²) in [7, 11) is 0. The number of Topliss-reactive ketones (excluding diaryl/α,β-unsaturated/α-hetero) is 1. The summed E-state index contributed by atoms with van der Waals surface area (Å²) < 4.78 is 13.5. The van der Waals surface area contributed by atoms with Crippen LogP contribution < -0.4 is 0 Å². The highest BCUT2D eigenvalue weighted by molar-refractivity contribution is 5.98. The van der Waals surface area contributed by atoms with Crippen molar-refractivity contribution in [3.63, 3.8) is 0 Å². The van der Waals surface area contributed by atoms with Gasteiger partial charge in [0.15, 0.2) is 5.78 Å². The fourth-order valence-corrected chi connectivity index (χ4v) is 3.06. The van der Waals surface area contributed by atoms with Gasteiger partial charge in [-0.2, -0.15) is 0 Å². The molecule has 1 heterocycles. The van der Waals surface area contributed by atoms with E-state index in [0.717, 1.165) is 40.3 Å². The maximum Gasteiger partial charge on any atom is 0.181 e. The van der Waals surface area contributed by atoms with E-state index in [0.29, 0.717) is 18.0 Å². The number of hydrogen-bond acceptors (Lipinski definition) is 2. The van der Waals surface area contributed by atoms with Crippen LogP contribution in [0.25, 0.3) is 21.9 Å². The van der Waals surface area contributed by atoms with Gasteiger partial charge in [-0.05, 0) is 72.0 Å². The summed E-state index contributed by atoms with van der Waals surface area (Å²) in [6.07, 6.45) is 4.68. The quantitative estimate of drug-likeness (QED) is 0.608. The number of rotatable bonds is 4. The summed E-state index contributed by atoms with van der Waals surface area (Å²) in [5, 5.41) is 1.95. The first-order chi connectivity index (χ1) is 11.6. The van der Waals surface area contributed by atoms with Crippen LogP contribution in [0.5, 0.6) is 0 Å². The van der Waals surface area contributed by atoms with E-state index in [1.54, 1.807) is 18.3 Å². The van der Waals surface area contributed by atoms with Crippen LogP contribution >= 0.6 is 0 Å². The minimum Gasteiger partial charge on any atom is -0.292 e. The lowest BCUT2D eigenvalue weighted by atomic mass is 9.98. The molecule has 3 aromatic rings. The number of benzene rings is 2. The molecule has 120 valence electrons. The lowest BCUT2D eigenvalue weighted by molar-refractivity contribution is 0.0971. The Morgan fingerprint density at radius 2 is 1.96 bits per heavy atom. The fraction of sp³-hybridized carbons (Fsp3) is 0.238. The Kier molecular flexibility index (Phi) is 3.64. The molecule has 0 radical (unpaired) electrons. The molecule has 0 N–H and O–H groups in total. The van der Waals surface area contributed by atoms with Gasteiger partial charge in [0.2, 0.25) is 0 Å². The highest BCUT2D eigenvalue weighted by Gasteiger charge is 2.25. The lowest BCUT2D eigenvalue weighted by Gasteiger charge is -2.08. The number of halogens is 1. The minimum atomic E-state index is -0.241. The van der Waals surface area contributed by atoms with Crippen LogP contribution in [0.4, 0.5) is 4.39 Å². The largest absolute Gasteiger partial charge is 0.292 e. The maximum atomic E-state index is 13.5. The predicted octanol–water partition coefficient (Wildman–Crippen LogP) is 5.33. The van der Waals surface area contributed by atoms with Crippen LogP contribution in [0.2, 0.25) is 0 Å². The molecule has 1 saturated carbocycles. The van der Waals surface area contributed by atoms with E-state index < -0.39 is 0 Å². The molecular weight excluding hydrogens is 301 g/mol. The second kappa shape index (κ2) is 5.82. The van der Waals surface area contributed by atoms with Gasteiger partial charge in [-0.3, -0.25) is 9.78 Å². The highest BCUT2D eigenvalue weighted by atomic mass is 19.1. The fourth-order valence-electron chi connectivity index (χ4n) is 3.06. The zero-order chi connectivity index (χ0) is 16.7. The van der Waals surface area contributed by atoms with E-state index in [2.05, 4.69) is 4.98 Å². The van der Waals surface area contributed by atoms with Crippen molar-refractivity contribution in [3.8, 4) is 11.1 Å². The van der Waals surface area contributed by atoms with Crippen molar-refractivity contribution in [2.75, 3.05) is 0 Å². The molecular formula is C21H18FNO. The number of aryl methyl sites for hydroxylation is 1. The van der Waals surface area contributed by atoms with Gasteiger partial charge >= 0.3 is 0 Å². The molecule has 0 atom stereocenters. The second-order valence-electron chi connectivity index (χ2n) is 6.66. The highest BCUT2D eigenvalue weighted by Crippen LogP contribution is 2.33. The number of hydrogen-bond donors (Lipinski definition) is 0. The third-order valence-corrected chi connectivity index (χ3v) is 4.69. The van der Waals surface area contributed by atoms with Gasteiger partial charge in [0.1, 0.15) is 11.5 Å². The summed E-state index contributed by atoms with van der Waals surface area (Å²) >= 11 is 0. The molecule has 0 amide bonds. The number of pyridine rings is 1. The summed E-state index contributed by atoms with van der Waals surface area (Å²) in [6, 6.07) is 12.6. The molecule has 1 aliphatic carbocycles. The summed E-state index contributed by atoms with van der Waals surface area (Å²) in [5.41, 5.74) is 3.41. The van der Waals surface area contributed by atoms with Gasteiger partial charge in [0, 0.05) is 18.0 Å². The Hall–Kier alpha value is -2.55. The molecule has 4 rings (SSSR count). The van der Waals surface area contributed by atoms with Gasteiger partial charge in [-0.15, -0.1) is 0 Å². The Balaban J connectivity index is 1.71. The third kappa shape index (κ3) is 2.94. The first-order valence-corrected chi connectivity index (χ1v) is 8.30. The molecule has 1 aromatic heterocycles. The van der Waals surface area contributed by atoms with Gasteiger partial charge in [0.05, 0.1) is 0 Å². The van der Waals surface area contributed by atoms with Crippen LogP contribution in [-0.2, 0) is 0 Å². The Morgan fingerprint density at radius 3 is 2.75 bits per heavy atom. The molecule has 0 spiro atoms. The number of carbonyl (C=O) groups is 1. The molecule has 0 bridgehead atoms. The molecule has 0 saturated heterocycles. The molecule has 3 heteroatoms. The monoisotopic (exact) mass is 319 g/mol. The smallest absolute Gasteiger partial charge is 0.181 e. The van der Waals surface area contributed by atoms with E-state index in [4.69, 9.17) is 0 Å². The number of ketones is 1.